The number of rotatable bonds is 16. The average molecular weight is 413 g/mol. The van der Waals surface area contributed by atoms with Gasteiger partial charge in [-0.2, -0.15) is 0 Å². The van der Waals surface area contributed by atoms with Gasteiger partial charge >= 0.3 is 11.9 Å². The van der Waals surface area contributed by atoms with Gasteiger partial charge in [-0.3, -0.25) is 4.79 Å². The van der Waals surface area contributed by atoms with Crippen LogP contribution in [0, 0.1) is 0 Å². The number of carbonyl (C=O) groups is 2. The third kappa shape index (κ3) is 9.94. The van der Waals surface area contributed by atoms with Crippen molar-refractivity contribution < 1.29 is 34.4 Å². The summed E-state index contributed by atoms with van der Waals surface area (Å²) in [6.07, 6.45) is 14.1. The van der Waals surface area contributed by atoms with E-state index in [9.17, 15) is 19.8 Å². The van der Waals surface area contributed by atoms with E-state index in [1.807, 2.05) is 0 Å². The summed E-state index contributed by atoms with van der Waals surface area (Å²) in [5.74, 6) is -2.95. The molecule has 0 bridgehead atoms. The maximum absolute atomic E-state index is 11.9. The van der Waals surface area contributed by atoms with Crippen molar-refractivity contribution in [3.05, 3.63) is 23.7 Å². The number of unbranched alkanes of at least 4 members (excludes halogenated alkanes) is 9. The van der Waals surface area contributed by atoms with Crippen molar-refractivity contribution in [2.24, 2.45) is 0 Å². The van der Waals surface area contributed by atoms with Gasteiger partial charge < -0.3 is 24.8 Å². The number of hydrogen-bond donors (Lipinski definition) is 3. The van der Waals surface area contributed by atoms with Gasteiger partial charge in [-0.05, 0) is 32.1 Å². The first-order chi connectivity index (χ1) is 14.0. The van der Waals surface area contributed by atoms with Gasteiger partial charge in [-0.1, -0.05) is 57.6 Å². The van der Waals surface area contributed by atoms with Crippen LogP contribution in [0.4, 0.5) is 0 Å². The molecule has 0 aliphatic carbocycles. The van der Waals surface area contributed by atoms with E-state index in [1.165, 1.54) is 32.1 Å². The van der Waals surface area contributed by atoms with E-state index in [-0.39, 0.29) is 6.42 Å². The third-order valence-corrected chi connectivity index (χ3v) is 4.82. The van der Waals surface area contributed by atoms with Crippen LogP contribution in [0.1, 0.15) is 84.0 Å². The topological polar surface area (TPSA) is 113 Å². The Morgan fingerprint density at radius 3 is 2.28 bits per heavy atom. The second kappa shape index (κ2) is 15.0. The monoisotopic (exact) mass is 412 g/mol. The van der Waals surface area contributed by atoms with Crippen molar-refractivity contribution >= 4 is 11.9 Å². The smallest absolute Gasteiger partial charge is 0.378 e. The van der Waals surface area contributed by atoms with Crippen LogP contribution in [0.2, 0.25) is 0 Å². The molecule has 0 aromatic heterocycles. The molecule has 7 nitrogen and oxygen atoms in total. The van der Waals surface area contributed by atoms with Crippen LogP contribution in [0.5, 0.6) is 0 Å². The second-order valence-electron chi connectivity index (χ2n) is 7.39. The van der Waals surface area contributed by atoms with Gasteiger partial charge in [0.25, 0.3) is 0 Å². The number of aliphatic hydroxyl groups is 3. The van der Waals surface area contributed by atoms with Crippen molar-refractivity contribution in [2.75, 3.05) is 6.61 Å². The Kier molecular flexibility index (Phi) is 13.1. The van der Waals surface area contributed by atoms with Crippen molar-refractivity contribution in [2.45, 2.75) is 96.2 Å². The molecular formula is C22H36O7. The number of cyclic esters (lactones) is 1. The zero-order valence-electron chi connectivity index (χ0n) is 17.5. The van der Waals surface area contributed by atoms with Crippen LogP contribution in [-0.4, -0.2) is 46.1 Å². The van der Waals surface area contributed by atoms with E-state index in [1.54, 1.807) is 0 Å². The van der Waals surface area contributed by atoms with Crippen molar-refractivity contribution in [1.29, 1.82) is 0 Å². The lowest BCUT2D eigenvalue weighted by Crippen LogP contribution is -2.33. The highest BCUT2D eigenvalue weighted by molar-refractivity contribution is 5.90. The highest BCUT2D eigenvalue weighted by Gasteiger charge is 2.41. The summed E-state index contributed by atoms with van der Waals surface area (Å²) in [5.41, 5.74) is 0. The fourth-order valence-corrected chi connectivity index (χ4v) is 3.08. The van der Waals surface area contributed by atoms with Gasteiger partial charge in [-0.15, -0.1) is 0 Å². The molecule has 3 N–H and O–H groups in total. The molecular weight excluding hydrogens is 376 g/mol. The summed E-state index contributed by atoms with van der Waals surface area (Å²) in [6.45, 7) is 1.52. The SMILES string of the molecule is CCCCCC/C=C\CCCCCCCC(=O)OC1=C(O)C(=O)O[C@@H]1[C@@H](O)CO. The van der Waals surface area contributed by atoms with Gasteiger partial charge in [0, 0.05) is 6.42 Å². The number of allylic oxidation sites excluding steroid dienone is 2. The minimum atomic E-state index is -1.46. The molecule has 0 fully saturated rings. The van der Waals surface area contributed by atoms with Crippen molar-refractivity contribution in [3.63, 3.8) is 0 Å². The Morgan fingerprint density at radius 1 is 1.07 bits per heavy atom. The molecule has 0 aromatic rings. The number of hydrogen-bond acceptors (Lipinski definition) is 7. The number of carbonyl (C=O) groups excluding carboxylic acids is 2. The largest absolute Gasteiger partial charge is 0.499 e. The number of aliphatic hydroxyl groups excluding tert-OH is 3. The Morgan fingerprint density at radius 2 is 1.66 bits per heavy atom. The fraction of sp³-hybridized carbons (Fsp3) is 0.727. The molecule has 29 heavy (non-hydrogen) atoms. The lowest BCUT2D eigenvalue weighted by Gasteiger charge is -2.17. The number of ether oxygens (including phenoxy) is 2. The maximum Gasteiger partial charge on any atom is 0.378 e. The minimum absolute atomic E-state index is 0.143. The lowest BCUT2D eigenvalue weighted by molar-refractivity contribution is -0.151. The molecule has 0 saturated carbocycles. The molecule has 7 heteroatoms. The maximum atomic E-state index is 11.9. The van der Waals surface area contributed by atoms with Gasteiger partial charge in [0.1, 0.15) is 6.10 Å². The van der Waals surface area contributed by atoms with Crippen LogP contribution in [0.25, 0.3) is 0 Å². The zero-order valence-corrected chi connectivity index (χ0v) is 17.5. The predicted molar refractivity (Wildman–Crippen MR) is 109 cm³/mol. The van der Waals surface area contributed by atoms with Crippen LogP contribution in [0.15, 0.2) is 23.7 Å². The molecule has 166 valence electrons. The molecule has 1 rings (SSSR count). The van der Waals surface area contributed by atoms with Crippen LogP contribution in [0.3, 0.4) is 0 Å². The van der Waals surface area contributed by atoms with Gasteiger partial charge in [0.2, 0.25) is 11.5 Å². The lowest BCUT2D eigenvalue weighted by atomic mass is 10.1. The summed E-state index contributed by atoms with van der Waals surface area (Å²) >= 11 is 0. The van der Waals surface area contributed by atoms with E-state index in [4.69, 9.17) is 14.6 Å². The minimum Gasteiger partial charge on any atom is -0.499 e. The first-order valence-electron chi connectivity index (χ1n) is 10.8. The Labute approximate surface area is 173 Å². The first kappa shape index (κ1) is 25.2. The first-order valence-corrected chi connectivity index (χ1v) is 10.8. The molecule has 0 saturated heterocycles. The van der Waals surface area contributed by atoms with Crippen molar-refractivity contribution in [1.82, 2.24) is 0 Å². The Bertz CT molecular complexity index is 553. The van der Waals surface area contributed by atoms with E-state index >= 15 is 0 Å². The zero-order chi connectivity index (χ0) is 21.5. The molecule has 0 spiro atoms. The summed E-state index contributed by atoms with van der Waals surface area (Å²) < 4.78 is 9.71. The highest BCUT2D eigenvalue weighted by atomic mass is 16.6. The van der Waals surface area contributed by atoms with E-state index < -0.39 is 42.3 Å². The summed E-state index contributed by atoms with van der Waals surface area (Å²) in [5, 5.41) is 28.2. The predicted octanol–water partition coefficient (Wildman–Crippen LogP) is 3.84. The Hall–Kier alpha value is -1.86. The molecule has 1 aliphatic rings. The molecule has 1 aliphatic heterocycles. The van der Waals surface area contributed by atoms with Crippen LogP contribution < -0.4 is 0 Å². The van der Waals surface area contributed by atoms with Gasteiger partial charge in [0.05, 0.1) is 6.61 Å². The van der Waals surface area contributed by atoms with Gasteiger partial charge in [0.15, 0.2) is 6.10 Å². The summed E-state index contributed by atoms with van der Waals surface area (Å²) in [6, 6.07) is 0. The summed E-state index contributed by atoms with van der Waals surface area (Å²) in [4.78, 5) is 23.3. The quantitative estimate of drug-likeness (QED) is 0.200. The van der Waals surface area contributed by atoms with Crippen molar-refractivity contribution in [3.8, 4) is 0 Å². The molecule has 0 unspecified atom stereocenters. The standard InChI is InChI=1S/C22H36O7/c1-2-3-4-5-6-7-8-9-10-11-12-13-14-15-18(25)28-21-19(26)22(27)29-20(21)17(24)16-23/h7-8,17,20,23-24,26H,2-6,9-16H2,1H3/b8-7-/t17-,20+/m0/s1. The van der Waals surface area contributed by atoms with Crippen LogP contribution >= 0.6 is 0 Å². The normalized spacial score (nSPS) is 17.8. The average Bonchev–Trinajstić information content (AvgIpc) is 2.99. The fourth-order valence-electron chi connectivity index (χ4n) is 3.08. The van der Waals surface area contributed by atoms with E-state index in [0.717, 1.165) is 32.1 Å². The number of esters is 2. The van der Waals surface area contributed by atoms with E-state index in [0.29, 0.717) is 6.42 Å². The molecule has 1 heterocycles. The van der Waals surface area contributed by atoms with Crippen LogP contribution in [-0.2, 0) is 19.1 Å². The summed E-state index contributed by atoms with van der Waals surface area (Å²) in [7, 11) is 0. The molecule has 2 atom stereocenters. The molecule has 0 aromatic carbocycles. The van der Waals surface area contributed by atoms with Gasteiger partial charge in [-0.25, -0.2) is 4.79 Å². The third-order valence-electron chi connectivity index (χ3n) is 4.82. The molecule has 0 radical (unpaired) electrons. The highest BCUT2D eigenvalue weighted by Crippen LogP contribution is 2.25. The molecule has 0 amide bonds. The van der Waals surface area contributed by atoms with E-state index in [2.05, 4.69) is 19.1 Å². The Balaban J connectivity index is 2.11. The second-order valence-corrected chi connectivity index (χ2v) is 7.39.